The van der Waals surface area contributed by atoms with Gasteiger partial charge in [0.2, 0.25) is 0 Å². The van der Waals surface area contributed by atoms with E-state index in [9.17, 15) is 18.0 Å². The molecule has 0 aliphatic heterocycles. The van der Waals surface area contributed by atoms with Crippen LogP contribution in [-0.4, -0.2) is 11.4 Å². The lowest BCUT2D eigenvalue weighted by Gasteiger charge is -2.05. The Morgan fingerprint density at radius 1 is 1.31 bits per heavy atom. The average molecular weight is 191 g/mol. The molecule has 0 aromatic heterocycles. The van der Waals surface area contributed by atoms with E-state index in [1.807, 2.05) is 0 Å². The van der Waals surface area contributed by atoms with Crippen LogP contribution in [0.1, 0.15) is 15.9 Å². The van der Waals surface area contributed by atoms with Gasteiger partial charge in [-0.2, -0.15) is 13.2 Å². The number of hydrogen-bond acceptors (Lipinski definition) is 1. The van der Waals surface area contributed by atoms with Crippen LogP contribution < -0.4 is 0 Å². The first kappa shape index (κ1) is 9.57. The summed E-state index contributed by atoms with van der Waals surface area (Å²) in [6.45, 7) is 0. The van der Waals surface area contributed by atoms with Crippen LogP contribution in [0.5, 0.6) is 5.75 Å². The predicted molar refractivity (Wildman–Crippen MR) is 39.9 cm³/mol. The molecule has 0 aliphatic carbocycles. The van der Waals surface area contributed by atoms with E-state index in [1.165, 1.54) is 0 Å². The molecule has 0 fully saturated rings. The van der Waals surface area contributed by atoms with E-state index >= 15 is 0 Å². The van der Waals surface area contributed by atoms with Crippen LogP contribution in [0.25, 0.3) is 0 Å². The molecule has 1 rings (SSSR count). The van der Waals surface area contributed by atoms with Crippen molar-refractivity contribution in [3.63, 3.8) is 0 Å². The van der Waals surface area contributed by atoms with Gasteiger partial charge in [-0.25, -0.2) is 0 Å². The highest BCUT2D eigenvalue weighted by Crippen LogP contribution is 2.31. The van der Waals surface area contributed by atoms with E-state index in [0.717, 1.165) is 12.1 Å². The van der Waals surface area contributed by atoms with Gasteiger partial charge in [0.1, 0.15) is 5.56 Å². The first-order valence-corrected chi connectivity index (χ1v) is 3.33. The van der Waals surface area contributed by atoms with Gasteiger partial charge in [-0.1, -0.05) is 0 Å². The third-order valence-corrected chi connectivity index (χ3v) is 1.51. The van der Waals surface area contributed by atoms with E-state index in [0.29, 0.717) is 6.07 Å². The van der Waals surface area contributed by atoms with Crippen LogP contribution in [0.2, 0.25) is 0 Å². The van der Waals surface area contributed by atoms with Gasteiger partial charge in [-0.3, -0.25) is 4.79 Å². The Hall–Kier alpha value is -1.52. The fourth-order valence-corrected chi connectivity index (χ4v) is 0.837. The molecule has 5 heteroatoms. The van der Waals surface area contributed by atoms with E-state index in [1.54, 1.807) is 0 Å². The smallest absolute Gasteiger partial charge is 0.416 e. The standard InChI is InChI=1S/C8H5F3O2/c9-8(10,11)6-1-2-7(13)5(3-6)4-12/h1-4,13H/p+1. The van der Waals surface area contributed by atoms with Crippen LogP contribution >= 0.6 is 0 Å². The summed E-state index contributed by atoms with van der Waals surface area (Å²) >= 11 is 0. The Morgan fingerprint density at radius 3 is 2.38 bits per heavy atom. The molecule has 2 N–H and O–H groups in total. The summed E-state index contributed by atoms with van der Waals surface area (Å²) in [5.41, 5.74) is -1.17. The molecule has 0 spiro atoms. The van der Waals surface area contributed by atoms with E-state index in [-0.39, 0.29) is 17.6 Å². The summed E-state index contributed by atoms with van der Waals surface area (Å²) in [6.07, 6.45) is -4.23. The zero-order chi connectivity index (χ0) is 10.1. The summed E-state index contributed by atoms with van der Waals surface area (Å²) in [6, 6.07) is 2.39. The maximum absolute atomic E-state index is 12.1. The second-order valence-electron chi connectivity index (χ2n) is 2.42. The van der Waals surface area contributed by atoms with Crippen molar-refractivity contribution in [1.82, 2.24) is 0 Å². The zero-order valence-electron chi connectivity index (χ0n) is 6.35. The number of benzene rings is 1. The third kappa shape index (κ3) is 1.99. The van der Waals surface area contributed by atoms with Gasteiger partial charge < -0.3 is 5.11 Å². The summed E-state index contributed by atoms with van der Waals surface area (Å²) in [5.74, 6) is -0.206. The number of hydrogen-bond donors (Lipinski definition) is 0. The molecule has 0 saturated carbocycles. The molecule has 0 unspecified atom stereocenters. The minimum absolute atomic E-state index is 0.206. The van der Waals surface area contributed by atoms with Crippen LogP contribution in [0, 0.1) is 0 Å². The topological polar surface area (TPSA) is 40.0 Å². The molecule has 0 saturated heterocycles. The number of alkyl halides is 3. The molecule has 0 aliphatic rings. The molecule has 70 valence electrons. The van der Waals surface area contributed by atoms with Crippen LogP contribution in [-0.2, 0) is 6.18 Å². The molecule has 13 heavy (non-hydrogen) atoms. The molecule has 0 amide bonds. The normalized spacial score (nSPS) is 11.3. The van der Waals surface area contributed by atoms with E-state index < -0.39 is 11.7 Å². The van der Waals surface area contributed by atoms with Gasteiger partial charge in [0.15, 0.2) is 6.29 Å². The Labute approximate surface area is 71.6 Å². The Balaban J connectivity index is 3.21. The second-order valence-corrected chi connectivity index (χ2v) is 2.42. The Morgan fingerprint density at radius 2 is 1.92 bits per heavy atom. The van der Waals surface area contributed by atoms with Gasteiger partial charge in [-0.15, -0.1) is 0 Å². The quantitative estimate of drug-likeness (QED) is 0.494. The average Bonchev–Trinajstić information content (AvgIpc) is 2.03. The van der Waals surface area contributed by atoms with Crippen molar-refractivity contribution in [2.75, 3.05) is 0 Å². The summed E-state index contributed by atoms with van der Waals surface area (Å²) in [5, 5.41) is 7.07. The monoisotopic (exact) mass is 191 g/mol. The molecule has 0 radical (unpaired) electrons. The van der Waals surface area contributed by atoms with E-state index in [4.69, 9.17) is 5.11 Å². The van der Waals surface area contributed by atoms with Crippen molar-refractivity contribution in [1.29, 1.82) is 0 Å². The largest absolute Gasteiger partial charge is 0.593 e. The first-order chi connectivity index (χ1) is 5.95. The molecule has 2 nitrogen and oxygen atoms in total. The van der Waals surface area contributed by atoms with Crippen molar-refractivity contribution < 1.29 is 23.1 Å². The van der Waals surface area contributed by atoms with Crippen LogP contribution in [0.3, 0.4) is 0 Å². The first-order valence-electron chi connectivity index (χ1n) is 3.33. The lowest BCUT2D eigenvalue weighted by Crippen LogP contribution is -2.05. The lowest BCUT2D eigenvalue weighted by atomic mass is 10.1. The van der Waals surface area contributed by atoms with Crippen molar-refractivity contribution in [3.05, 3.63) is 29.3 Å². The van der Waals surface area contributed by atoms with Crippen molar-refractivity contribution in [2.24, 2.45) is 0 Å². The maximum Gasteiger partial charge on any atom is 0.416 e. The molecule has 0 atom stereocenters. The van der Waals surface area contributed by atoms with E-state index in [2.05, 4.69) is 0 Å². The van der Waals surface area contributed by atoms with Crippen molar-refractivity contribution in [2.45, 2.75) is 6.18 Å². The van der Waals surface area contributed by atoms with Crippen LogP contribution in [0.4, 0.5) is 13.2 Å². The fraction of sp³-hybridized carbons (Fsp3) is 0.125. The van der Waals surface area contributed by atoms with Crippen LogP contribution in [0.15, 0.2) is 18.2 Å². The molecular weight excluding hydrogens is 185 g/mol. The molecular formula is C8H6F3O2+. The minimum atomic E-state index is -4.47. The van der Waals surface area contributed by atoms with Gasteiger partial charge in [0, 0.05) is 6.07 Å². The predicted octanol–water partition coefficient (Wildman–Crippen LogP) is 1.96. The summed E-state index contributed by atoms with van der Waals surface area (Å²) in [7, 11) is 0. The molecule has 0 heterocycles. The lowest BCUT2D eigenvalue weighted by molar-refractivity contribution is -0.137. The second kappa shape index (κ2) is 3.08. The van der Waals surface area contributed by atoms with Gasteiger partial charge in [0.05, 0.1) is 5.56 Å². The maximum atomic E-state index is 12.1. The number of carbonyl (C=O) groups is 1. The van der Waals surface area contributed by atoms with Gasteiger partial charge >= 0.3 is 6.18 Å². The third-order valence-electron chi connectivity index (χ3n) is 1.51. The van der Waals surface area contributed by atoms with Crippen molar-refractivity contribution >= 4 is 6.29 Å². The SMILES string of the molecule is O=Cc1cc(C(F)(F)F)ccc1[OH2+]. The fourth-order valence-electron chi connectivity index (χ4n) is 0.837. The molecule has 1 aromatic carbocycles. The number of rotatable bonds is 1. The summed E-state index contributed by atoms with van der Waals surface area (Å²) in [4.78, 5) is 10.2. The summed E-state index contributed by atoms with van der Waals surface area (Å²) < 4.78 is 36.2. The van der Waals surface area contributed by atoms with Crippen molar-refractivity contribution in [3.8, 4) is 5.75 Å². The number of halogens is 3. The minimum Gasteiger partial charge on any atom is -0.593 e. The number of carbonyl (C=O) groups excluding carboxylic acids is 1. The highest BCUT2D eigenvalue weighted by Gasteiger charge is 2.31. The number of aldehydes is 1. The zero-order valence-corrected chi connectivity index (χ0v) is 6.35. The van der Waals surface area contributed by atoms with Gasteiger partial charge in [-0.05, 0) is 12.1 Å². The Bertz CT molecular complexity index is 331. The highest BCUT2D eigenvalue weighted by molar-refractivity contribution is 5.79. The Kier molecular flexibility index (Phi) is 2.27. The molecule has 1 aromatic rings. The molecule has 0 bridgehead atoms. The highest BCUT2D eigenvalue weighted by atomic mass is 19.4. The van der Waals surface area contributed by atoms with Gasteiger partial charge in [0.25, 0.3) is 5.75 Å².